The fourth-order valence-electron chi connectivity index (χ4n) is 2.92. The Balaban J connectivity index is 1.97. The van der Waals surface area contributed by atoms with Crippen molar-refractivity contribution in [2.24, 2.45) is 0 Å². The number of anilines is 1. The normalized spacial score (nSPS) is 14.3. The smallest absolute Gasteiger partial charge is 0.321 e. The zero-order chi connectivity index (χ0) is 19.4. The first-order valence-electron chi connectivity index (χ1n) is 8.80. The maximum atomic E-state index is 11.9. The molecule has 0 aromatic heterocycles. The molecule has 27 heavy (non-hydrogen) atoms. The molecule has 2 aromatic rings. The van der Waals surface area contributed by atoms with Gasteiger partial charge in [0.05, 0.1) is 6.61 Å². The van der Waals surface area contributed by atoms with Crippen molar-refractivity contribution in [3.05, 3.63) is 42.5 Å². The number of nitrogens with one attached hydrogen (secondary N) is 1. The van der Waals surface area contributed by atoms with Crippen LogP contribution in [0.15, 0.2) is 47.4 Å². The van der Waals surface area contributed by atoms with Crippen LogP contribution in [0.1, 0.15) is 19.8 Å². The second-order valence-corrected chi connectivity index (χ2v) is 7.66. The number of benzene rings is 2. The number of nitrogens with zero attached hydrogens (tertiary/aromatic N) is 1. The summed E-state index contributed by atoms with van der Waals surface area (Å²) in [4.78, 5) is 13.2. The molecule has 0 radical (unpaired) electrons. The van der Waals surface area contributed by atoms with Gasteiger partial charge in [0.15, 0.2) is 0 Å². The highest BCUT2D eigenvalue weighted by atomic mass is 32.2. The molecule has 0 spiro atoms. The summed E-state index contributed by atoms with van der Waals surface area (Å²) < 4.78 is 38.8. The molecule has 2 N–H and O–H groups in total. The standard InChI is InChI=1S/C19H22N2O5S/c1-2-3-12-26-16-7-4-14(5-8-16)17-13-15(21-11-10-20-19(21)22)6-9-18(17)27(23,24)25/h4-9,13H,2-3,10-12H2,1H3,(H,20,22)(H,23,24,25). The molecule has 1 aliphatic heterocycles. The number of urea groups is 1. The molecule has 0 saturated carbocycles. The lowest BCUT2D eigenvalue weighted by Crippen LogP contribution is -2.27. The number of hydrogen-bond acceptors (Lipinski definition) is 4. The van der Waals surface area contributed by atoms with E-state index in [1.54, 1.807) is 30.3 Å². The molecule has 3 rings (SSSR count). The highest BCUT2D eigenvalue weighted by Gasteiger charge is 2.24. The molecule has 1 fully saturated rings. The van der Waals surface area contributed by atoms with Crippen LogP contribution in [0.3, 0.4) is 0 Å². The Hall–Kier alpha value is -2.58. The Morgan fingerprint density at radius 3 is 2.52 bits per heavy atom. The summed E-state index contributed by atoms with van der Waals surface area (Å²) in [6.07, 6.45) is 1.99. The van der Waals surface area contributed by atoms with Gasteiger partial charge in [0, 0.05) is 24.3 Å². The molecule has 1 aliphatic rings. The average Bonchev–Trinajstić information content (AvgIpc) is 3.07. The van der Waals surface area contributed by atoms with Crippen LogP contribution >= 0.6 is 0 Å². The van der Waals surface area contributed by atoms with E-state index < -0.39 is 10.1 Å². The van der Waals surface area contributed by atoms with Crippen LogP contribution in [0.4, 0.5) is 10.5 Å². The van der Waals surface area contributed by atoms with Gasteiger partial charge in [-0.15, -0.1) is 0 Å². The lowest BCUT2D eigenvalue weighted by Gasteiger charge is -2.17. The van der Waals surface area contributed by atoms with Crippen molar-refractivity contribution in [2.75, 3.05) is 24.6 Å². The molecule has 0 atom stereocenters. The number of ether oxygens (including phenoxy) is 1. The van der Waals surface area contributed by atoms with Crippen molar-refractivity contribution in [3.63, 3.8) is 0 Å². The molecule has 0 unspecified atom stereocenters. The lowest BCUT2D eigenvalue weighted by atomic mass is 10.0. The first kappa shape index (κ1) is 19.2. The van der Waals surface area contributed by atoms with Crippen molar-refractivity contribution in [1.29, 1.82) is 0 Å². The van der Waals surface area contributed by atoms with Crippen molar-refractivity contribution < 1.29 is 22.5 Å². The minimum absolute atomic E-state index is 0.203. The van der Waals surface area contributed by atoms with E-state index in [-0.39, 0.29) is 10.9 Å². The number of amides is 2. The van der Waals surface area contributed by atoms with Gasteiger partial charge in [0.2, 0.25) is 0 Å². The van der Waals surface area contributed by atoms with Crippen LogP contribution in [0, 0.1) is 0 Å². The predicted octanol–water partition coefficient (Wildman–Crippen LogP) is 3.31. The molecule has 2 aromatic carbocycles. The maximum absolute atomic E-state index is 11.9. The second kappa shape index (κ2) is 7.98. The predicted molar refractivity (Wildman–Crippen MR) is 103 cm³/mol. The molecule has 2 amide bonds. The van der Waals surface area contributed by atoms with E-state index >= 15 is 0 Å². The summed E-state index contributed by atoms with van der Waals surface area (Å²) >= 11 is 0. The Morgan fingerprint density at radius 1 is 1.19 bits per heavy atom. The van der Waals surface area contributed by atoms with E-state index in [0.717, 1.165) is 12.8 Å². The van der Waals surface area contributed by atoms with E-state index in [9.17, 15) is 17.8 Å². The van der Waals surface area contributed by atoms with Crippen molar-refractivity contribution >= 4 is 21.8 Å². The van der Waals surface area contributed by atoms with Gasteiger partial charge in [0.25, 0.3) is 10.1 Å². The van der Waals surface area contributed by atoms with Crippen LogP contribution in [0.25, 0.3) is 11.1 Å². The van der Waals surface area contributed by atoms with Gasteiger partial charge in [-0.2, -0.15) is 8.42 Å². The van der Waals surface area contributed by atoms with Crippen LogP contribution in [-0.4, -0.2) is 38.7 Å². The molecule has 1 heterocycles. The molecular weight excluding hydrogens is 368 g/mol. The van der Waals surface area contributed by atoms with Crippen LogP contribution in [0.5, 0.6) is 5.75 Å². The van der Waals surface area contributed by atoms with E-state index in [1.807, 2.05) is 0 Å². The largest absolute Gasteiger partial charge is 0.494 e. The van der Waals surface area contributed by atoms with E-state index in [0.29, 0.717) is 42.3 Å². The third-order valence-electron chi connectivity index (χ3n) is 4.34. The summed E-state index contributed by atoms with van der Waals surface area (Å²) in [7, 11) is -4.41. The van der Waals surface area contributed by atoms with E-state index in [1.165, 1.54) is 17.0 Å². The Bertz CT molecular complexity index is 926. The van der Waals surface area contributed by atoms with Crippen LogP contribution < -0.4 is 15.0 Å². The highest BCUT2D eigenvalue weighted by molar-refractivity contribution is 7.86. The third kappa shape index (κ3) is 4.40. The zero-order valence-electron chi connectivity index (χ0n) is 15.0. The molecule has 144 valence electrons. The van der Waals surface area contributed by atoms with E-state index in [2.05, 4.69) is 12.2 Å². The van der Waals surface area contributed by atoms with Gasteiger partial charge in [-0.05, 0) is 42.3 Å². The summed E-state index contributed by atoms with van der Waals surface area (Å²) in [5, 5.41) is 2.71. The number of carbonyl (C=O) groups excluding carboxylic acids is 1. The minimum atomic E-state index is -4.41. The first-order valence-corrected chi connectivity index (χ1v) is 10.2. The van der Waals surface area contributed by atoms with Gasteiger partial charge in [-0.1, -0.05) is 25.5 Å². The number of rotatable bonds is 7. The Morgan fingerprint density at radius 2 is 1.93 bits per heavy atom. The molecule has 0 bridgehead atoms. The fourth-order valence-corrected chi connectivity index (χ4v) is 3.61. The third-order valence-corrected chi connectivity index (χ3v) is 5.25. The number of carbonyl (C=O) groups is 1. The quantitative estimate of drug-likeness (QED) is 0.559. The van der Waals surface area contributed by atoms with Gasteiger partial charge < -0.3 is 10.1 Å². The Labute approximate surface area is 158 Å². The molecular formula is C19H22N2O5S. The van der Waals surface area contributed by atoms with Crippen molar-refractivity contribution in [3.8, 4) is 16.9 Å². The van der Waals surface area contributed by atoms with Gasteiger partial charge in [-0.3, -0.25) is 9.45 Å². The molecule has 1 saturated heterocycles. The molecule has 7 nitrogen and oxygen atoms in total. The summed E-state index contributed by atoms with van der Waals surface area (Å²) in [5.41, 5.74) is 1.50. The summed E-state index contributed by atoms with van der Waals surface area (Å²) in [6.45, 7) is 3.72. The highest BCUT2D eigenvalue weighted by Crippen LogP contribution is 2.33. The SMILES string of the molecule is CCCCOc1ccc(-c2cc(N3CCNC3=O)ccc2S(=O)(=O)O)cc1. The topological polar surface area (TPSA) is 95.9 Å². The van der Waals surface area contributed by atoms with Crippen LogP contribution in [0.2, 0.25) is 0 Å². The second-order valence-electron chi connectivity index (χ2n) is 6.27. The van der Waals surface area contributed by atoms with Gasteiger partial charge in [0.1, 0.15) is 10.6 Å². The van der Waals surface area contributed by atoms with Crippen LogP contribution in [-0.2, 0) is 10.1 Å². The van der Waals surface area contributed by atoms with Crippen molar-refractivity contribution in [2.45, 2.75) is 24.7 Å². The first-order chi connectivity index (χ1) is 12.9. The number of unbranched alkanes of at least 4 members (excludes halogenated alkanes) is 1. The Kier molecular flexibility index (Phi) is 5.67. The lowest BCUT2D eigenvalue weighted by molar-refractivity contribution is 0.252. The van der Waals surface area contributed by atoms with Crippen molar-refractivity contribution in [1.82, 2.24) is 5.32 Å². The minimum Gasteiger partial charge on any atom is -0.494 e. The monoisotopic (exact) mass is 390 g/mol. The molecule has 0 aliphatic carbocycles. The summed E-state index contributed by atoms with van der Waals surface area (Å²) in [6, 6.07) is 11.2. The maximum Gasteiger partial charge on any atom is 0.321 e. The summed E-state index contributed by atoms with van der Waals surface area (Å²) in [5.74, 6) is 0.690. The van der Waals surface area contributed by atoms with E-state index in [4.69, 9.17) is 4.74 Å². The zero-order valence-corrected chi connectivity index (χ0v) is 15.8. The fraction of sp³-hybridized carbons (Fsp3) is 0.316. The average molecular weight is 390 g/mol. The van der Waals surface area contributed by atoms with Gasteiger partial charge in [-0.25, -0.2) is 4.79 Å². The number of hydrogen-bond donors (Lipinski definition) is 2. The molecule has 8 heteroatoms. The van der Waals surface area contributed by atoms with Gasteiger partial charge >= 0.3 is 6.03 Å².